The van der Waals surface area contributed by atoms with Gasteiger partial charge in [-0.15, -0.1) is 0 Å². The smallest absolute Gasteiger partial charge is 0.368 e. The zero-order valence-electron chi connectivity index (χ0n) is 9.04. The van der Waals surface area contributed by atoms with Crippen LogP contribution in [-0.4, -0.2) is 9.97 Å². The van der Waals surface area contributed by atoms with E-state index < -0.39 is 11.7 Å². The Hall–Kier alpha value is -1.85. The van der Waals surface area contributed by atoms with Crippen LogP contribution in [0.15, 0.2) is 18.2 Å². The van der Waals surface area contributed by atoms with Crippen molar-refractivity contribution in [3.05, 3.63) is 29.5 Å². The number of benzene rings is 1. The van der Waals surface area contributed by atoms with Gasteiger partial charge in [-0.05, 0) is 12.5 Å². The molecule has 0 atom stereocenters. The van der Waals surface area contributed by atoms with Gasteiger partial charge in [0.1, 0.15) is 0 Å². The average Bonchev–Trinajstić information content (AvgIpc) is 2.25. The molecule has 0 amide bonds. The van der Waals surface area contributed by atoms with Crippen LogP contribution < -0.4 is 5.73 Å². The van der Waals surface area contributed by atoms with Crippen LogP contribution in [-0.2, 0) is 12.6 Å². The van der Waals surface area contributed by atoms with Gasteiger partial charge < -0.3 is 5.73 Å². The van der Waals surface area contributed by atoms with Gasteiger partial charge >= 0.3 is 6.18 Å². The van der Waals surface area contributed by atoms with Crippen LogP contribution in [0.25, 0.3) is 10.9 Å². The molecule has 0 saturated heterocycles. The zero-order valence-corrected chi connectivity index (χ0v) is 9.04. The molecule has 0 aliphatic heterocycles. The van der Waals surface area contributed by atoms with Gasteiger partial charge in [-0.3, -0.25) is 0 Å². The summed E-state index contributed by atoms with van der Waals surface area (Å²) >= 11 is 0. The van der Waals surface area contributed by atoms with Crippen molar-refractivity contribution in [3.8, 4) is 0 Å². The van der Waals surface area contributed by atoms with Crippen molar-refractivity contribution in [2.45, 2.75) is 19.5 Å². The van der Waals surface area contributed by atoms with Crippen molar-refractivity contribution < 1.29 is 13.2 Å². The first kappa shape index (κ1) is 11.6. The van der Waals surface area contributed by atoms with E-state index in [1.54, 1.807) is 6.07 Å². The highest BCUT2D eigenvalue weighted by Gasteiger charge is 2.33. The van der Waals surface area contributed by atoms with Gasteiger partial charge in [-0.2, -0.15) is 13.2 Å². The number of hydrogen-bond donors (Lipinski definition) is 1. The van der Waals surface area contributed by atoms with Crippen LogP contribution in [0.5, 0.6) is 0 Å². The van der Waals surface area contributed by atoms with Gasteiger partial charge in [0.2, 0.25) is 5.95 Å². The standard InChI is InChI=1S/C11H10F3N3/c1-2-8-6-4-3-5-7(11(12,13)14)9(6)17-10(15)16-8/h3-5H,2H2,1H3,(H2,15,16,17). The summed E-state index contributed by atoms with van der Waals surface area (Å²) in [5, 5.41) is 0.400. The molecule has 1 aromatic heterocycles. The van der Waals surface area contributed by atoms with Crippen molar-refractivity contribution in [3.63, 3.8) is 0 Å². The Labute approximate surface area is 95.5 Å². The lowest BCUT2D eigenvalue weighted by Crippen LogP contribution is -2.09. The lowest BCUT2D eigenvalue weighted by molar-refractivity contribution is -0.136. The van der Waals surface area contributed by atoms with Crippen molar-refractivity contribution in [2.75, 3.05) is 5.73 Å². The van der Waals surface area contributed by atoms with Crippen LogP contribution in [0.3, 0.4) is 0 Å². The minimum atomic E-state index is -4.44. The minimum absolute atomic E-state index is 0.133. The molecule has 0 bridgehead atoms. The Morgan fingerprint density at radius 2 is 1.94 bits per heavy atom. The molecule has 3 nitrogen and oxygen atoms in total. The summed E-state index contributed by atoms with van der Waals surface area (Å²) in [6, 6.07) is 3.92. The third-order valence-electron chi connectivity index (χ3n) is 2.46. The van der Waals surface area contributed by atoms with Crippen LogP contribution in [0.2, 0.25) is 0 Å². The topological polar surface area (TPSA) is 51.8 Å². The number of halogens is 3. The highest BCUT2D eigenvalue weighted by atomic mass is 19.4. The fourth-order valence-corrected chi connectivity index (χ4v) is 1.73. The Morgan fingerprint density at radius 3 is 2.53 bits per heavy atom. The minimum Gasteiger partial charge on any atom is -0.368 e. The van der Waals surface area contributed by atoms with Gasteiger partial charge in [0, 0.05) is 5.39 Å². The number of aryl methyl sites for hydroxylation is 1. The van der Waals surface area contributed by atoms with Crippen LogP contribution in [0.4, 0.5) is 19.1 Å². The van der Waals surface area contributed by atoms with E-state index in [2.05, 4.69) is 9.97 Å². The Bertz CT molecular complexity index is 564. The molecule has 90 valence electrons. The van der Waals surface area contributed by atoms with E-state index in [0.717, 1.165) is 6.07 Å². The van der Waals surface area contributed by atoms with E-state index in [0.29, 0.717) is 17.5 Å². The van der Waals surface area contributed by atoms with Gasteiger partial charge in [0.05, 0.1) is 16.8 Å². The number of nitrogens with two attached hydrogens (primary N) is 1. The van der Waals surface area contributed by atoms with E-state index in [1.807, 2.05) is 6.92 Å². The number of alkyl halides is 3. The SMILES string of the molecule is CCc1nc(N)nc2c(C(F)(F)F)cccc12. The third-order valence-corrected chi connectivity index (χ3v) is 2.46. The molecule has 1 heterocycles. The quantitative estimate of drug-likeness (QED) is 0.835. The van der Waals surface area contributed by atoms with Crippen molar-refractivity contribution in [1.29, 1.82) is 0 Å². The molecule has 6 heteroatoms. The molecule has 0 fully saturated rings. The number of aromatic nitrogens is 2. The third kappa shape index (κ3) is 2.02. The van der Waals surface area contributed by atoms with Crippen LogP contribution in [0, 0.1) is 0 Å². The number of anilines is 1. The van der Waals surface area contributed by atoms with Gasteiger partial charge in [-0.25, -0.2) is 9.97 Å². The van der Waals surface area contributed by atoms with Crippen molar-refractivity contribution in [2.24, 2.45) is 0 Å². The normalized spacial score (nSPS) is 12.0. The molecular formula is C11H10F3N3. The molecule has 2 rings (SSSR count). The summed E-state index contributed by atoms with van der Waals surface area (Å²) in [6.45, 7) is 1.81. The fraction of sp³-hybridized carbons (Fsp3) is 0.273. The maximum atomic E-state index is 12.8. The fourth-order valence-electron chi connectivity index (χ4n) is 1.73. The van der Waals surface area contributed by atoms with E-state index in [9.17, 15) is 13.2 Å². The van der Waals surface area contributed by atoms with Crippen molar-refractivity contribution in [1.82, 2.24) is 9.97 Å². The number of fused-ring (bicyclic) bond motifs is 1. The highest BCUT2D eigenvalue weighted by molar-refractivity contribution is 5.85. The number of rotatable bonds is 1. The van der Waals surface area contributed by atoms with Gasteiger partial charge in [0.15, 0.2) is 0 Å². The van der Waals surface area contributed by atoms with Crippen molar-refractivity contribution >= 4 is 16.9 Å². The average molecular weight is 241 g/mol. The first-order valence-electron chi connectivity index (χ1n) is 5.05. The highest BCUT2D eigenvalue weighted by Crippen LogP contribution is 2.34. The van der Waals surface area contributed by atoms with E-state index in [1.165, 1.54) is 6.07 Å². The zero-order chi connectivity index (χ0) is 12.6. The van der Waals surface area contributed by atoms with Gasteiger partial charge in [0.25, 0.3) is 0 Å². The van der Waals surface area contributed by atoms with Gasteiger partial charge in [-0.1, -0.05) is 19.1 Å². The molecular weight excluding hydrogens is 231 g/mol. The lowest BCUT2D eigenvalue weighted by Gasteiger charge is -2.11. The predicted molar refractivity (Wildman–Crippen MR) is 58.3 cm³/mol. The predicted octanol–water partition coefficient (Wildman–Crippen LogP) is 2.79. The molecule has 0 saturated carbocycles. The first-order valence-corrected chi connectivity index (χ1v) is 5.05. The van der Waals surface area contributed by atoms with E-state index in [-0.39, 0.29) is 11.5 Å². The first-order chi connectivity index (χ1) is 7.93. The number of para-hydroxylation sites is 1. The maximum absolute atomic E-state index is 12.8. The molecule has 2 aromatic rings. The largest absolute Gasteiger partial charge is 0.418 e. The Morgan fingerprint density at radius 1 is 1.24 bits per heavy atom. The number of nitrogens with zero attached hydrogens (tertiary/aromatic N) is 2. The summed E-state index contributed by atoms with van der Waals surface area (Å²) in [7, 11) is 0. The second-order valence-corrected chi connectivity index (χ2v) is 3.58. The second kappa shape index (κ2) is 3.87. The molecule has 0 unspecified atom stereocenters. The van der Waals surface area contributed by atoms with E-state index in [4.69, 9.17) is 5.73 Å². The summed E-state index contributed by atoms with van der Waals surface area (Å²) in [5.41, 5.74) is 5.04. The molecule has 2 N–H and O–H groups in total. The second-order valence-electron chi connectivity index (χ2n) is 3.58. The Balaban J connectivity index is 2.85. The van der Waals surface area contributed by atoms with Crippen LogP contribution in [0.1, 0.15) is 18.2 Å². The molecule has 0 radical (unpaired) electrons. The Kier molecular flexibility index (Phi) is 2.65. The molecule has 0 spiro atoms. The summed E-state index contributed by atoms with van der Waals surface area (Å²) in [6.07, 6.45) is -3.93. The van der Waals surface area contributed by atoms with Crippen LogP contribution >= 0.6 is 0 Å². The lowest BCUT2D eigenvalue weighted by atomic mass is 10.1. The monoisotopic (exact) mass is 241 g/mol. The number of hydrogen-bond acceptors (Lipinski definition) is 3. The summed E-state index contributed by atoms with van der Waals surface area (Å²) < 4.78 is 38.4. The maximum Gasteiger partial charge on any atom is 0.418 e. The molecule has 0 aliphatic carbocycles. The molecule has 1 aromatic carbocycles. The van der Waals surface area contributed by atoms with E-state index >= 15 is 0 Å². The summed E-state index contributed by atoms with van der Waals surface area (Å²) in [5.74, 6) is -0.133. The number of nitrogen functional groups attached to an aromatic ring is 1. The summed E-state index contributed by atoms with van der Waals surface area (Å²) in [4.78, 5) is 7.64. The molecule has 17 heavy (non-hydrogen) atoms. The molecule has 0 aliphatic rings.